The molecule has 1 aliphatic rings. The maximum atomic E-state index is 10.8. The first-order chi connectivity index (χ1) is 7.16. The summed E-state index contributed by atoms with van der Waals surface area (Å²) >= 11 is 1.65. The van der Waals surface area contributed by atoms with Gasteiger partial charge in [-0.15, -0.1) is 11.3 Å². The zero-order chi connectivity index (χ0) is 10.8. The standard InChI is InChI=1S/C10H14N2O2S/c1-7-9(15-6-11-7)5-12-3-2-8(4-12)10(13)14/h6,8H,2-5H2,1H3,(H,13,14). The van der Waals surface area contributed by atoms with Crippen molar-refractivity contribution >= 4 is 17.3 Å². The molecule has 1 aliphatic heterocycles. The molecule has 0 aromatic carbocycles. The zero-order valence-corrected chi connectivity index (χ0v) is 9.46. The molecule has 1 aromatic heterocycles. The Bertz CT molecular complexity index is 364. The number of hydrogen-bond donors (Lipinski definition) is 1. The van der Waals surface area contributed by atoms with Gasteiger partial charge in [0.1, 0.15) is 0 Å². The van der Waals surface area contributed by atoms with Gasteiger partial charge in [0.25, 0.3) is 0 Å². The second-order valence-electron chi connectivity index (χ2n) is 3.92. The lowest BCUT2D eigenvalue weighted by atomic mass is 10.1. The van der Waals surface area contributed by atoms with E-state index in [0.717, 1.165) is 25.2 Å². The van der Waals surface area contributed by atoms with Crippen LogP contribution < -0.4 is 0 Å². The summed E-state index contributed by atoms with van der Waals surface area (Å²) in [5, 5.41) is 8.88. The molecule has 82 valence electrons. The molecule has 0 radical (unpaired) electrons. The first-order valence-electron chi connectivity index (χ1n) is 5.01. The third kappa shape index (κ3) is 2.35. The average Bonchev–Trinajstić information content (AvgIpc) is 2.77. The Morgan fingerprint density at radius 1 is 1.80 bits per heavy atom. The van der Waals surface area contributed by atoms with E-state index in [4.69, 9.17) is 5.11 Å². The number of nitrogens with zero attached hydrogens (tertiary/aromatic N) is 2. The summed E-state index contributed by atoms with van der Waals surface area (Å²) in [6.45, 7) is 4.40. The molecule has 0 bridgehead atoms. The van der Waals surface area contributed by atoms with Crippen molar-refractivity contribution in [1.29, 1.82) is 0 Å². The number of aliphatic carboxylic acids is 1. The molecule has 5 heteroatoms. The van der Waals surface area contributed by atoms with Crippen molar-refractivity contribution in [3.8, 4) is 0 Å². The number of hydrogen-bond acceptors (Lipinski definition) is 4. The summed E-state index contributed by atoms with van der Waals surface area (Å²) in [6, 6.07) is 0. The third-order valence-electron chi connectivity index (χ3n) is 2.83. The second kappa shape index (κ2) is 4.28. The van der Waals surface area contributed by atoms with Crippen LogP contribution in [-0.4, -0.2) is 34.0 Å². The molecule has 0 amide bonds. The Kier molecular flexibility index (Phi) is 3.02. The van der Waals surface area contributed by atoms with Gasteiger partial charge in [-0.3, -0.25) is 9.69 Å². The number of aryl methyl sites for hydroxylation is 1. The molecular weight excluding hydrogens is 212 g/mol. The lowest BCUT2D eigenvalue weighted by Gasteiger charge is -2.13. The SMILES string of the molecule is Cc1ncsc1CN1CCC(C(=O)O)C1. The van der Waals surface area contributed by atoms with Gasteiger partial charge in [-0.1, -0.05) is 0 Å². The summed E-state index contributed by atoms with van der Waals surface area (Å²) in [7, 11) is 0. The normalized spacial score (nSPS) is 22.1. The van der Waals surface area contributed by atoms with E-state index in [1.165, 1.54) is 4.88 Å². The minimum absolute atomic E-state index is 0.182. The van der Waals surface area contributed by atoms with E-state index < -0.39 is 5.97 Å². The number of aromatic nitrogens is 1. The maximum Gasteiger partial charge on any atom is 0.307 e. The molecular formula is C10H14N2O2S. The van der Waals surface area contributed by atoms with Gasteiger partial charge in [0.15, 0.2) is 0 Å². The highest BCUT2D eigenvalue weighted by atomic mass is 32.1. The average molecular weight is 226 g/mol. The van der Waals surface area contributed by atoms with Crippen LogP contribution >= 0.6 is 11.3 Å². The molecule has 1 unspecified atom stereocenters. The molecule has 1 saturated heterocycles. The highest BCUT2D eigenvalue weighted by Crippen LogP contribution is 2.21. The van der Waals surface area contributed by atoms with E-state index in [-0.39, 0.29) is 5.92 Å². The minimum Gasteiger partial charge on any atom is -0.481 e. The molecule has 1 fully saturated rings. The molecule has 2 rings (SSSR count). The van der Waals surface area contributed by atoms with Gasteiger partial charge in [0.05, 0.1) is 17.1 Å². The molecule has 1 N–H and O–H groups in total. The van der Waals surface area contributed by atoms with Gasteiger partial charge in [-0.2, -0.15) is 0 Å². The maximum absolute atomic E-state index is 10.8. The van der Waals surface area contributed by atoms with Gasteiger partial charge in [0, 0.05) is 18.0 Å². The fraction of sp³-hybridized carbons (Fsp3) is 0.600. The van der Waals surface area contributed by atoms with E-state index in [9.17, 15) is 4.79 Å². The second-order valence-corrected chi connectivity index (χ2v) is 4.86. The Hall–Kier alpha value is -0.940. The van der Waals surface area contributed by atoms with Crippen molar-refractivity contribution in [2.75, 3.05) is 13.1 Å². The van der Waals surface area contributed by atoms with Crippen molar-refractivity contribution in [3.05, 3.63) is 16.1 Å². The molecule has 2 heterocycles. The lowest BCUT2D eigenvalue weighted by Crippen LogP contribution is -2.22. The quantitative estimate of drug-likeness (QED) is 0.845. The first kappa shape index (κ1) is 10.6. The molecule has 0 spiro atoms. The Morgan fingerprint density at radius 2 is 2.60 bits per heavy atom. The summed E-state index contributed by atoms with van der Waals surface area (Å²) in [5.41, 5.74) is 2.91. The van der Waals surface area contributed by atoms with Gasteiger partial charge >= 0.3 is 5.97 Å². The van der Waals surface area contributed by atoms with E-state index >= 15 is 0 Å². The van der Waals surface area contributed by atoms with Crippen molar-refractivity contribution in [1.82, 2.24) is 9.88 Å². The van der Waals surface area contributed by atoms with Gasteiger partial charge in [-0.25, -0.2) is 4.98 Å². The molecule has 1 aromatic rings. The molecule has 1 atom stereocenters. The summed E-state index contributed by atoms with van der Waals surface area (Å²) in [5.74, 6) is -0.850. The number of likely N-dealkylation sites (tertiary alicyclic amines) is 1. The monoisotopic (exact) mass is 226 g/mol. The molecule has 15 heavy (non-hydrogen) atoms. The van der Waals surface area contributed by atoms with Crippen molar-refractivity contribution in [2.45, 2.75) is 19.9 Å². The summed E-state index contributed by atoms with van der Waals surface area (Å²) in [6.07, 6.45) is 0.771. The minimum atomic E-state index is -0.668. The van der Waals surface area contributed by atoms with Gasteiger partial charge < -0.3 is 5.11 Å². The first-order valence-corrected chi connectivity index (χ1v) is 5.89. The summed E-state index contributed by atoms with van der Waals surface area (Å²) < 4.78 is 0. The van der Waals surface area contributed by atoms with Crippen molar-refractivity contribution in [3.63, 3.8) is 0 Å². The van der Waals surface area contributed by atoms with E-state index in [1.54, 1.807) is 11.3 Å². The number of carbonyl (C=O) groups is 1. The van der Waals surface area contributed by atoms with Crippen LogP contribution in [0.25, 0.3) is 0 Å². The van der Waals surface area contributed by atoms with Crippen LogP contribution in [0.4, 0.5) is 0 Å². The number of rotatable bonds is 3. The zero-order valence-electron chi connectivity index (χ0n) is 8.64. The van der Waals surface area contributed by atoms with Gasteiger partial charge in [0.2, 0.25) is 0 Å². The third-order valence-corrected chi connectivity index (χ3v) is 3.75. The predicted octanol–water partition coefficient (Wildman–Crippen LogP) is 1.36. The number of carboxylic acid groups (broad SMARTS) is 1. The smallest absolute Gasteiger partial charge is 0.307 e. The predicted molar refractivity (Wildman–Crippen MR) is 57.9 cm³/mol. The highest BCUT2D eigenvalue weighted by molar-refractivity contribution is 7.09. The van der Waals surface area contributed by atoms with Crippen molar-refractivity contribution in [2.24, 2.45) is 5.92 Å². The topological polar surface area (TPSA) is 53.4 Å². The Morgan fingerprint density at radius 3 is 3.13 bits per heavy atom. The van der Waals surface area contributed by atoms with Crippen molar-refractivity contribution < 1.29 is 9.90 Å². The highest BCUT2D eigenvalue weighted by Gasteiger charge is 2.28. The van der Waals surface area contributed by atoms with E-state index in [0.29, 0.717) is 6.54 Å². The molecule has 0 aliphatic carbocycles. The molecule has 4 nitrogen and oxygen atoms in total. The largest absolute Gasteiger partial charge is 0.481 e. The fourth-order valence-corrected chi connectivity index (χ4v) is 2.68. The number of thiazole rings is 1. The van der Waals surface area contributed by atoms with Crippen LogP contribution in [0.3, 0.4) is 0 Å². The number of carboxylic acids is 1. The van der Waals surface area contributed by atoms with Crippen LogP contribution in [0.15, 0.2) is 5.51 Å². The Balaban J connectivity index is 1.93. The van der Waals surface area contributed by atoms with Crippen LogP contribution in [-0.2, 0) is 11.3 Å². The summed E-state index contributed by atoms with van der Waals surface area (Å²) in [4.78, 5) is 18.4. The molecule has 0 saturated carbocycles. The lowest BCUT2D eigenvalue weighted by molar-refractivity contribution is -0.141. The van der Waals surface area contributed by atoms with Crippen LogP contribution in [0.2, 0.25) is 0 Å². The van der Waals surface area contributed by atoms with Crippen LogP contribution in [0, 0.1) is 12.8 Å². The van der Waals surface area contributed by atoms with E-state index in [2.05, 4.69) is 9.88 Å². The van der Waals surface area contributed by atoms with Crippen LogP contribution in [0.1, 0.15) is 17.0 Å². The van der Waals surface area contributed by atoms with E-state index in [1.807, 2.05) is 12.4 Å². The van der Waals surface area contributed by atoms with Crippen LogP contribution in [0.5, 0.6) is 0 Å². The Labute approximate surface area is 92.6 Å². The fourth-order valence-electron chi connectivity index (χ4n) is 1.86. The van der Waals surface area contributed by atoms with Gasteiger partial charge in [-0.05, 0) is 19.9 Å².